The van der Waals surface area contributed by atoms with Crippen LogP contribution in [0.2, 0.25) is 0 Å². The summed E-state index contributed by atoms with van der Waals surface area (Å²) in [6.07, 6.45) is -4.66. The first-order valence-corrected chi connectivity index (χ1v) is 6.05. The molecule has 0 aliphatic carbocycles. The largest absolute Gasteiger partial charge is 0.464 e. The van der Waals surface area contributed by atoms with E-state index in [9.17, 15) is 26.7 Å². The molecule has 21 heavy (non-hydrogen) atoms. The molecule has 0 fully saturated rings. The zero-order valence-corrected chi connectivity index (χ0v) is 11.4. The summed E-state index contributed by atoms with van der Waals surface area (Å²) in [7, 11) is 0. The predicted molar refractivity (Wildman–Crippen MR) is 64.4 cm³/mol. The zero-order valence-electron chi connectivity index (χ0n) is 11.4. The molecule has 0 heterocycles. The molecule has 1 rings (SSSR count). The fraction of sp³-hybridized carbons (Fsp3) is 0.462. The van der Waals surface area contributed by atoms with E-state index in [4.69, 9.17) is 0 Å². The molecule has 1 N–H and O–H groups in total. The van der Waals surface area contributed by atoms with Crippen LogP contribution in [-0.4, -0.2) is 25.3 Å². The third-order valence-corrected chi connectivity index (χ3v) is 2.79. The van der Waals surface area contributed by atoms with Gasteiger partial charge in [-0.2, -0.15) is 13.2 Å². The summed E-state index contributed by atoms with van der Waals surface area (Å²) in [5.74, 6) is -3.47. The van der Waals surface area contributed by atoms with Crippen molar-refractivity contribution < 1.29 is 31.5 Å². The summed E-state index contributed by atoms with van der Waals surface area (Å²) >= 11 is 0. The standard InChI is InChI=1S/C13H14F5NO2/c1-3-21-11(20)12(2,19-7-13(16,17)18)10-8(14)5-4-6-9(10)15/h4-6,19H,3,7H2,1-2H3. The van der Waals surface area contributed by atoms with Crippen molar-refractivity contribution in [3.05, 3.63) is 35.4 Å². The molecule has 0 aliphatic heterocycles. The summed E-state index contributed by atoms with van der Waals surface area (Å²) in [6, 6.07) is 2.75. The Hall–Kier alpha value is -1.70. The van der Waals surface area contributed by atoms with Crippen molar-refractivity contribution in [2.75, 3.05) is 13.2 Å². The molecule has 0 saturated carbocycles. The first-order chi connectivity index (χ1) is 9.62. The monoisotopic (exact) mass is 311 g/mol. The normalized spacial score (nSPS) is 14.6. The first kappa shape index (κ1) is 17.4. The van der Waals surface area contributed by atoms with Gasteiger partial charge in [0.25, 0.3) is 0 Å². The van der Waals surface area contributed by atoms with Crippen LogP contribution in [-0.2, 0) is 15.1 Å². The molecule has 0 aliphatic rings. The average Bonchev–Trinajstić information content (AvgIpc) is 2.35. The second-order valence-electron chi connectivity index (χ2n) is 4.41. The number of alkyl halides is 3. The van der Waals surface area contributed by atoms with E-state index in [1.54, 1.807) is 0 Å². The average molecular weight is 311 g/mol. The van der Waals surface area contributed by atoms with Crippen LogP contribution < -0.4 is 5.32 Å². The van der Waals surface area contributed by atoms with E-state index in [1.165, 1.54) is 6.92 Å². The van der Waals surface area contributed by atoms with Gasteiger partial charge >= 0.3 is 12.1 Å². The third-order valence-electron chi connectivity index (χ3n) is 2.79. The summed E-state index contributed by atoms with van der Waals surface area (Å²) in [5.41, 5.74) is -3.10. The van der Waals surface area contributed by atoms with Crippen LogP contribution in [0.25, 0.3) is 0 Å². The van der Waals surface area contributed by atoms with E-state index in [2.05, 4.69) is 4.74 Å². The van der Waals surface area contributed by atoms with Crippen LogP contribution in [0.15, 0.2) is 18.2 Å². The fourth-order valence-electron chi connectivity index (χ4n) is 1.79. The van der Waals surface area contributed by atoms with Gasteiger partial charge in [-0.3, -0.25) is 5.32 Å². The molecule has 118 valence electrons. The van der Waals surface area contributed by atoms with Gasteiger partial charge in [0.2, 0.25) is 0 Å². The number of benzene rings is 1. The quantitative estimate of drug-likeness (QED) is 0.671. The van der Waals surface area contributed by atoms with Crippen LogP contribution in [0.3, 0.4) is 0 Å². The molecule has 3 nitrogen and oxygen atoms in total. The van der Waals surface area contributed by atoms with Crippen molar-refractivity contribution in [1.29, 1.82) is 0 Å². The molecule has 0 radical (unpaired) electrons. The summed E-state index contributed by atoms with van der Waals surface area (Å²) in [6.45, 7) is 0.631. The maximum Gasteiger partial charge on any atom is 0.401 e. The highest BCUT2D eigenvalue weighted by molar-refractivity contribution is 5.82. The molecule has 0 amide bonds. The minimum atomic E-state index is -4.66. The third kappa shape index (κ3) is 4.13. The van der Waals surface area contributed by atoms with Crippen molar-refractivity contribution in [3.8, 4) is 0 Å². The number of ether oxygens (including phenoxy) is 1. The van der Waals surface area contributed by atoms with E-state index in [0.29, 0.717) is 0 Å². The molecule has 1 unspecified atom stereocenters. The van der Waals surface area contributed by atoms with Gasteiger partial charge in [-0.25, -0.2) is 13.6 Å². The minimum Gasteiger partial charge on any atom is -0.464 e. The van der Waals surface area contributed by atoms with Gasteiger partial charge in [0, 0.05) is 0 Å². The number of nitrogens with one attached hydrogen (secondary N) is 1. The maximum atomic E-state index is 13.8. The Morgan fingerprint density at radius 1 is 1.24 bits per heavy atom. The second kappa shape index (κ2) is 6.38. The van der Waals surface area contributed by atoms with Crippen molar-refractivity contribution in [1.82, 2.24) is 5.32 Å². The van der Waals surface area contributed by atoms with Gasteiger partial charge in [0.15, 0.2) is 0 Å². The zero-order chi connectivity index (χ0) is 16.3. The molecule has 0 spiro atoms. The van der Waals surface area contributed by atoms with Gasteiger partial charge in [-0.1, -0.05) is 6.07 Å². The highest BCUT2D eigenvalue weighted by Crippen LogP contribution is 2.29. The van der Waals surface area contributed by atoms with Gasteiger partial charge in [-0.05, 0) is 26.0 Å². The maximum absolute atomic E-state index is 13.8. The predicted octanol–water partition coefficient (Wildman–Crippen LogP) is 2.90. The number of halogens is 5. The van der Waals surface area contributed by atoms with Crippen molar-refractivity contribution in [3.63, 3.8) is 0 Å². The number of hydrogen-bond acceptors (Lipinski definition) is 3. The Morgan fingerprint density at radius 2 is 1.76 bits per heavy atom. The molecule has 0 saturated heterocycles. The van der Waals surface area contributed by atoms with E-state index < -0.39 is 41.4 Å². The molecule has 0 aromatic heterocycles. The van der Waals surface area contributed by atoms with Gasteiger partial charge in [0.1, 0.15) is 17.2 Å². The Labute approximate surface area is 118 Å². The van der Waals surface area contributed by atoms with Crippen LogP contribution in [0, 0.1) is 11.6 Å². The fourth-order valence-corrected chi connectivity index (χ4v) is 1.79. The SMILES string of the molecule is CCOC(=O)C(C)(NCC(F)(F)F)c1c(F)cccc1F. The topological polar surface area (TPSA) is 38.3 Å². The van der Waals surface area contributed by atoms with Crippen molar-refractivity contribution in [2.45, 2.75) is 25.6 Å². The number of esters is 1. The molecule has 1 aromatic rings. The van der Waals surface area contributed by atoms with Crippen LogP contribution in [0.1, 0.15) is 19.4 Å². The highest BCUT2D eigenvalue weighted by atomic mass is 19.4. The summed E-state index contributed by atoms with van der Waals surface area (Å²) < 4.78 is 69.3. The number of carbonyl (C=O) groups is 1. The van der Waals surface area contributed by atoms with E-state index in [0.717, 1.165) is 25.1 Å². The Morgan fingerprint density at radius 3 is 2.19 bits per heavy atom. The van der Waals surface area contributed by atoms with Gasteiger partial charge < -0.3 is 4.74 Å². The number of rotatable bonds is 5. The number of hydrogen-bond donors (Lipinski definition) is 1. The molecular formula is C13H14F5NO2. The van der Waals surface area contributed by atoms with Crippen LogP contribution >= 0.6 is 0 Å². The lowest BCUT2D eigenvalue weighted by molar-refractivity contribution is -0.155. The summed E-state index contributed by atoms with van der Waals surface area (Å²) in [5, 5.41) is 1.84. The first-order valence-electron chi connectivity index (χ1n) is 6.05. The van der Waals surface area contributed by atoms with Gasteiger partial charge in [-0.15, -0.1) is 0 Å². The molecule has 0 bridgehead atoms. The minimum absolute atomic E-state index is 0.141. The Balaban J connectivity index is 3.27. The van der Waals surface area contributed by atoms with Crippen LogP contribution in [0.4, 0.5) is 22.0 Å². The van der Waals surface area contributed by atoms with Crippen molar-refractivity contribution in [2.24, 2.45) is 0 Å². The number of carbonyl (C=O) groups excluding carboxylic acids is 1. The molecule has 1 aromatic carbocycles. The second-order valence-corrected chi connectivity index (χ2v) is 4.41. The van der Waals surface area contributed by atoms with Crippen molar-refractivity contribution >= 4 is 5.97 Å². The van der Waals surface area contributed by atoms with Crippen LogP contribution in [0.5, 0.6) is 0 Å². The molecule has 8 heteroatoms. The van der Waals surface area contributed by atoms with Gasteiger partial charge in [0.05, 0.1) is 18.7 Å². The summed E-state index contributed by atoms with van der Waals surface area (Å²) in [4.78, 5) is 11.9. The van der Waals surface area contributed by atoms with E-state index >= 15 is 0 Å². The Bertz CT molecular complexity index is 498. The lowest BCUT2D eigenvalue weighted by Crippen LogP contribution is -2.51. The Kier molecular flexibility index (Phi) is 5.27. The lowest BCUT2D eigenvalue weighted by Gasteiger charge is -2.30. The molecule has 1 atom stereocenters. The molecular weight excluding hydrogens is 297 g/mol. The highest BCUT2D eigenvalue weighted by Gasteiger charge is 2.43. The van der Waals surface area contributed by atoms with E-state index in [1.807, 2.05) is 5.32 Å². The van der Waals surface area contributed by atoms with E-state index in [-0.39, 0.29) is 6.61 Å². The smallest absolute Gasteiger partial charge is 0.401 e. The lowest BCUT2D eigenvalue weighted by atomic mass is 9.90.